The van der Waals surface area contributed by atoms with Gasteiger partial charge in [0.05, 0.1) is 21.8 Å². The van der Waals surface area contributed by atoms with Crippen molar-refractivity contribution in [3.8, 4) is 5.69 Å². The van der Waals surface area contributed by atoms with Crippen LogP contribution in [0.3, 0.4) is 0 Å². The number of rotatable bonds is 4. The molecule has 0 saturated carbocycles. The second-order valence-electron chi connectivity index (χ2n) is 7.71. The van der Waals surface area contributed by atoms with Crippen LogP contribution in [-0.4, -0.2) is 59.5 Å². The Bertz CT molecular complexity index is 1330. The zero-order valence-electron chi connectivity index (χ0n) is 17.9. The van der Waals surface area contributed by atoms with Crippen molar-refractivity contribution in [2.24, 2.45) is 0 Å². The highest BCUT2D eigenvalue weighted by molar-refractivity contribution is 7.89. The molecule has 0 unspecified atom stereocenters. The lowest BCUT2D eigenvalue weighted by Crippen LogP contribution is -2.50. The molecule has 0 spiro atoms. The molecule has 0 bridgehead atoms. The van der Waals surface area contributed by atoms with Gasteiger partial charge in [0, 0.05) is 32.2 Å². The van der Waals surface area contributed by atoms with Gasteiger partial charge < -0.3 is 4.90 Å². The molecule has 4 rings (SSSR count). The van der Waals surface area contributed by atoms with Crippen LogP contribution in [0.25, 0.3) is 5.69 Å². The maximum Gasteiger partial charge on any atom is 0.257 e. The largest absolute Gasteiger partial charge is 0.336 e. The molecule has 3 aromatic rings. The lowest BCUT2D eigenvalue weighted by atomic mass is 10.1. The Morgan fingerprint density at radius 3 is 2.24 bits per heavy atom. The minimum atomic E-state index is -3.89. The standard InChI is InChI=1S/C22H21F3N4O3S/c1-14-21(15(2)29(26-14)20-7-6-17(24)13-19(20)25)22(30)27-8-10-28(11-9-27)33(31,32)18-5-3-4-16(23)12-18/h3-7,12-13H,8-11H2,1-2H3. The smallest absolute Gasteiger partial charge is 0.257 e. The maximum atomic E-state index is 14.3. The summed E-state index contributed by atoms with van der Waals surface area (Å²) in [4.78, 5) is 14.6. The van der Waals surface area contributed by atoms with Crippen LogP contribution in [-0.2, 0) is 10.0 Å². The molecule has 1 aliphatic heterocycles. The van der Waals surface area contributed by atoms with Crippen molar-refractivity contribution in [1.29, 1.82) is 0 Å². The van der Waals surface area contributed by atoms with Gasteiger partial charge in [-0.2, -0.15) is 9.40 Å². The fourth-order valence-electron chi connectivity index (χ4n) is 3.91. The first-order chi connectivity index (χ1) is 15.6. The molecule has 1 fully saturated rings. The number of benzene rings is 2. The van der Waals surface area contributed by atoms with Crippen LogP contribution < -0.4 is 0 Å². The highest BCUT2D eigenvalue weighted by Gasteiger charge is 2.32. The fraction of sp³-hybridized carbons (Fsp3) is 0.273. The highest BCUT2D eigenvalue weighted by Crippen LogP contribution is 2.24. The molecule has 33 heavy (non-hydrogen) atoms. The number of hydrogen-bond donors (Lipinski definition) is 0. The van der Waals surface area contributed by atoms with Crippen LogP contribution >= 0.6 is 0 Å². The average molecular weight is 478 g/mol. The lowest BCUT2D eigenvalue weighted by molar-refractivity contribution is 0.0696. The summed E-state index contributed by atoms with van der Waals surface area (Å²) in [6.07, 6.45) is 0. The molecule has 11 heteroatoms. The molecule has 0 radical (unpaired) electrons. The maximum absolute atomic E-state index is 14.3. The van der Waals surface area contributed by atoms with Gasteiger partial charge in [-0.1, -0.05) is 6.07 Å². The van der Waals surface area contributed by atoms with Crippen LogP contribution in [0.4, 0.5) is 13.2 Å². The van der Waals surface area contributed by atoms with Gasteiger partial charge in [0.15, 0.2) is 5.82 Å². The SMILES string of the molecule is Cc1nn(-c2ccc(F)cc2F)c(C)c1C(=O)N1CCN(S(=O)(=O)c2cccc(F)c2)CC1. The molecule has 1 aromatic heterocycles. The van der Waals surface area contributed by atoms with Gasteiger partial charge in [-0.3, -0.25) is 4.79 Å². The minimum Gasteiger partial charge on any atom is -0.336 e. The van der Waals surface area contributed by atoms with Gasteiger partial charge in [-0.15, -0.1) is 0 Å². The summed E-state index contributed by atoms with van der Waals surface area (Å²) >= 11 is 0. The van der Waals surface area contributed by atoms with Crippen molar-refractivity contribution in [3.63, 3.8) is 0 Å². The molecule has 2 heterocycles. The van der Waals surface area contributed by atoms with Crippen molar-refractivity contribution in [3.05, 3.63) is 76.9 Å². The van der Waals surface area contributed by atoms with Crippen LogP contribution in [0.15, 0.2) is 47.4 Å². The zero-order valence-corrected chi connectivity index (χ0v) is 18.7. The molecule has 2 aromatic carbocycles. The Morgan fingerprint density at radius 2 is 1.61 bits per heavy atom. The van der Waals surface area contributed by atoms with Gasteiger partial charge in [0.25, 0.3) is 5.91 Å². The van der Waals surface area contributed by atoms with Crippen molar-refractivity contribution >= 4 is 15.9 Å². The van der Waals surface area contributed by atoms with E-state index in [1.807, 2.05) is 0 Å². The summed E-state index contributed by atoms with van der Waals surface area (Å²) in [6.45, 7) is 3.57. The second kappa shape index (κ2) is 8.64. The van der Waals surface area contributed by atoms with Gasteiger partial charge in [0.1, 0.15) is 17.3 Å². The number of halogens is 3. The molecule has 1 aliphatic rings. The van der Waals surface area contributed by atoms with E-state index in [4.69, 9.17) is 0 Å². The molecule has 0 atom stereocenters. The Morgan fingerprint density at radius 1 is 0.939 bits per heavy atom. The quantitative estimate of drug-likeness (QED) is 0.578. The number of amides is 1. The van der Waals surface area contributed by atoms with E-state index in [1.165, 1.54) is 32.1 Å². The van der Waals surface area contributed by atoms with Crippen molar-refractivity contribution in [2.75, 3.05) is 26.2 Å². The monoisotopic (exact) mass is 478 g/mol. The van der Waals surface area contributed by atoms with Crippen molar-refractivity contribution in [2.45, 2.75) is 18.7 Å². The number of carbonyl (C=O) groups excluding carboxylic acids is 1. The highest BCUT2D eigenvalue weighted by atomic mass is 32.2. The Balaban J connectivity index is 1.53. The molecule has 0 N–H and O–H groups in total. The Hall–Kier alpha value is -3.18. The van der Waals surface area contributed by atoms with E-state index in [0.29, 0.717) is 11.4 Å². The minimum absolute atomic E-state index is 0.0158. The number of piperazine rings is 1. The van der Waals surface area contributed by atoms with E-state index in [0.717, 1.165) is 24.3 Å². The molecule has 7 nitrogen and oxygen atoms in total. The number of carbonyl (C=O) groups is 1. The van der Waals surface area contributed by atoms with E-state index in [1.54, 1.807) is 13.8 Å². The second-order valence-corrected chi connectivity index (χ2v) is 9.64. The van der Waals surface area contributed by atoms with Crippen LogP contribution in [0, 0.1) is 31.3 Å². The van der Waals surface area contributed by atoms with Gasteiger partial charge in [-0.05, 0) is 44.2 Å². The molecule has 0 aliphatic carbocycles. The number of sulfonamides is 1. The van der Waals surface area contributed by atoms with Crippen molar-refractivity contribution < 1.29 is 26.4 Å². The van der Waals surface area contributed by atoms with Gasteiger partial charge >= 0.3 is 0 Å². The summed E-state index contributed by atoms with van der Waals surface area (Å²) in [5.41, 5.74) is 1.05. The number of nitrogens with zero attached hydrogens (tertiary/aromatic N) is 4. The number of aromatic nitrogens is 2. The molecular weight excluding hydrogens is 457 g/mol. The average Bonchev–Trinajstić information content (AvgIpc) is 3.07. The Kier molecular flexibility index (Phi) is 6.02. The van der Waals surface area contributed by atoms with Crippen LogP contribution in [0.1, 0.15) is 21.7 Å². The summed E-state index contributed by atoms with van der Waals surface area (Å²) in [5.74, 6) is -2.54. The molecule has 1 saturated heterocycles. The van der Waals surface area contributed by atoms with E-state index < -0.39 is 27.5 Å². The first-order valence-electron chi connectivity index (χ1n) is 10.2. The number of aryl methyl sites for hydroxylation is 1. The summed E-state index contributed by atoms with van der Waals surface area (Å²) in [7, 11) is -3.89. The van der Waals surface area contributed by atoms with Crippen LogP contribution in [0.2, 0.25) is 0 Å². The van der Waals surface area contributed by atoms with E-state index in [9.17, 15) is 26.4 Å². The third-order valence-electron chi connectivity index (χ3n) is 5.60. The topological polar surface area (TPSA) is 75.5 Å². The van der Waals surface area contributed by atoms with E-state index >= 15 is 0 Å². The third-order valence-corrected chi connectivity index (χ3v) is 7.50. The predicted molar refractivity (Wildman–Crippen MR) is 114 cm³/mol. The normalized spacial score (nSPS) is 15.1. The first-order valence-corrected chi connectivity index (χ1v) is 11.6. The molecule has 1 amide bonds. The molecule has 174 valence electrons. The van der Waals surface area contributed by atoms with E-state index in [2.05, 4.69) is 5.10 Å². The molecular formula is C22H21F3N4O3S. The first kappa shape index (κ1) is 23.0. The summed E-state index contributed by atoms with van der Waals surface area (Å²) in [5, 5.41) is 4.25. The number of hydrogen-bond acceptors (Lipinski definition) is 4. The summed E-state index contributed by atoms with van der Waals surface area (Å²) < 4.78 is 69.0. The Labute approximate surface area is 189 Å². The third kappa shape index (κ3) is 4.25. The van der Waals surface area contributed by atoms with Gasteiger partial charge in [0.2, 0.25) is 10.0 Å². The van der Waals surface area contributed by atoms with E-state index in [-0.39, 0.29) is 48.2 Å². The lowest BCUT2D eigenvalue weighted by Gasteiger charge is -2.34. The van der Waals surface area contributed by atoms with Gasteiger partial charge in [-0.25, -0.2) is 26.3 Å². The van der Waals surface area contributed by atoms with Crippen molar-refractivity contribution in [1.82, 2.24) is 19.0 Å². The zero-order chi connectivity index (χ0) is 23.9. The van der Waals surface area contributed by atoms with Crippen LogP contribution in [0.5, 0.6) is 0 Å². The fourth-order valence-corrected chi connectivity index (χ4v) is 5.36. The summed E-state index contributed by atoms with van der Waals surface area (Å²) in [6, 6.07) is 7.87. The predicted octanol–water partition coefficient (Wildman–Crippen LogP) is 3.05.